The van der Waals surface area contributed by atoms with E-state index in [1.807, 2.05) is 54.6 Å². The van der Waals surface area contributed by atoms with Gasteiger partial charge in [0, 0.05) is 12.0 Å². The Morgan fingerprint density at radius 3 is 2.15 bits per heavy atom. The molecular formula is C21H19NO4S. The van der Waals surface area contributed by atoms with Crippen molar-refractivity contribution in [2.24, 2.45) is 0 Å². The Labute approximate surface area is 158 Å². The molecule has 0 fully saturated rings. The Hall–Kier alpha value is -3.12. The van der Waals surface area contributed by atoms with Crippen molar-refractivity contribution in [2.75, 3.05) is 12.0 Å². The molecule has 5 nitrogen and oxygen atoms in total. The second kappa shape index (κ2) is 7.63. The topological polar surface area (TPSA) is 86.5 Å². The van der Waals surface area contributed by atoms with E-state index in [2.05, 4.69) is 0 Å². The fourth-order valence-corrected chi connectivity index (χ4v) is 3.17. The minimum absolute atomic E-state index is 0.0151. The Kier molecular flexibility index (Phi) is 5.28. The highest BCUT2D eigenvalue weighted by atomic mass is 32.2. The number of carbonyl (C=O) groups excluding carboxylic acids is 1. The number of rotatable bonds is 6. The van der Waals surface area contributed by atoms with E-state index in [0.29, 0.717) is 5.56 Å². The monoisotopic (exact) mass is 381 g/mol. The van der Waals surface area contributed by atoms with Gasteiger partial charge in [-0.1, -0.05) is 54.6 Å². The molecule has 0 radical (unpaired) electrons. The Morgan fingerprint density at radius 1 is 0.926 bits per heavy atom. The summed E-state index contributed by atoms with van der Waals surface area (Å²) in [5, 5.41) is 0. The van der Waals surface area contributed by atoms with Crippen LogP contribution in [-0.2, 0) is 16.5 Å². The lowest BCUT2D eigenvalue weighted by Crippen LogP contribution is -2.09. The van der Waals surface area contributed by atoms with Crippen molar-refractivity contribution in [1.29, 1.82) is 0 Å². The highest BCUT2D eigenvalue weighted by Crippen LogP contribution is 2.25. The van der Waals surface area contributed by atoms with Crippen LogP contribution >= 0.6 is 0 Å². The summed E-state index contributed by atoms with van der Waals surface area (Å²) in [7, 11) is -3.67. The minimum atomic E-state index is -3.67. The number of carbonyl (C=O) groups is 1. The summed E-state index contributed by atoms with van der Waals surface area (Å²) >= 11 is 0. The average molecular weight is 381 g/mol. The smallest absolute Gasteiger partial charge is 0.306 e. The summed E-state index contributed by atoms with van der Waals surface area (Å²) in [6.07, 6.45) is 1.16. The van der Waals surface area contributed by atoms with Gasteiger partial charge in [-0.2, -0.15) is 8.42 Å². The highest BCUT2D eigenvalue weighted by Gasteiger charge is 2.13. The first-order valence-corrected chi connectivity index (χ1v) is 10.1. The van der Waals surface area contributed by atoms with E-state index < -0.39 is 10.1 Å². The van der Waals surface area contributed by atoms with Crippen molar-refractivity contribution in [2.45, 2.75) is 6.42 Å². The predicted octanol–water partition coefficient (Wildman–Crippen LogP) is 3.70. The minimum Gasteiger partial charge on any atom is -0.396 e. The maximum absolute atomic E-state index is 12.5. The van der Waals surface area contributed by atoms with Crippen LogP contribution in [0.2, 0.25) is 0 Å². The molecule has 0 bridgehead atoms. The van der Waals surface area contributed by atoms with Gasteiger partial charge in [0.2, 0.25) is 0 Å². The number of hydrogen-bond donors (Lipinski definition) is 1. The molecule has 0 spiro atoms. The van der Waals surface area contributed by atoms with Crippen LogP contribution in [-0.4, -0.2) is 20.5 Å². The summed E-state index contributed by atoms with van der Waals surface area (Å²) < 4.78 is 27.2. The van der Waals surface area contributed by atoms with Crippen LogP contribution in [0.1, 0.15) is 15.9 Å². The van der Waals surface area contributed by atoms with Gasteiger partial charge in [-0.15, -0.1) is 0 Å². The zero-order chi connectivity index (χ0) is 19.4. The largest absolute Gasteiger partial charge is 0.396 e. The molecule has 3 rings (SSSR count). The van der Waals surface area contributed by atoms with Gasteiger partial charge < -0.3 is 9.92 Å². The van der Waals surface area contributed by atoms with E-state index in [0.717, 1.165) is 22.9 Å². The van der Waals surface area contributed by atoms with Crippen molar-refractivity contribution in [3.8, 4) is 16.9 Å². The number of Topliss-reactive ketones (excluding diaryl/α,β-unsaturated/α-hetero) is 1. The zero-order valence-corrected chi connectivity index (χ0v) is 15.6. The third-order valence-electron chi connectivity index (χ3n) is 4.00. The van der Waals surface area contributed by atoms with Crippen LogP contribution in [0, 0.1) is 0 Å². The molecule has 0 aliphatic carbocycles. The number of hydrogen-bond acceptors (Lipinski definition) is 5. The normalized spacial score (nSPS) is 11.1. The molecule has 0 saturated carbocycles. The lowest BCUT2D eigenvalue weighted by Gasteiger charge is -2.08. The second-order valence-electron chi connectivity index (χ2n) is 6.20. The highest BCUT2D eigenvalue weighted by molar-refractivity contribution is 7.86. The van der Waals surface area contributed by atoms with Gasteiger partial charge in [0.05, 0.1) is 11.9 Å². The van der Waals surface area contributed by atoms with Crippen LogP contribution in [0.5, 0.6) is 5.75 Å². The molecule has 0 saturated heterocycles. The molecule has 0 amide bonds. The predicted molar refractivity (Wildman–Crippen MR) is 106 cm³/mol. The van der Waals surface area contributed by atoms with Crippen molar-refractivity contribution >= 4 is 21.6 Å². The first-order chi connectivity index (χ1) is 12.8. The summed E-state index contributed by atoms with van der Waals surface area (Å²) in [5.74, 6) is -0.0960. The maximum Gasteiger partial charge on any atom is 0.306 e. The Balaban J connectivity index is 1.73. The molecule has 3 aromatic rings. The van der Waals surface area contributed by atoms with Crippen molar-refractivity contribution in [3.05, 3.63) is 83.9 Å². The number of nitrogen functional groups attached to an aromatic ring is 1. The maximum atomic E-state index is 12.5. The molecule has 138 valence electrons. The Bertz CT molecular complexity index is 1060. The van der Waals surface area contributed by atoms with Gasteiger partial charge in [0.15, 0.2) is 11.5 Å². The zero-order valence-electron chi connectivity index (χ0n) is 14.8. The van der Waals surface area contributed by atoms with Gasteiger partial charge in [0.25, 0.3) is 0 Å². The number of ketones is 1. The quantitative estimate of drug-likeness (QED) is 0.400. The van der Waals surface area contributed by atoms with E-state index in [9.17, 15) is 13.2 Å². The molecule has 0 unspecified atom stereocenters. The first-order valence-electron chi connectivity index (χ1n) is 8.28. The van der Waals surface area contributed by atoms with Gasteiger partial charge in [-0.3, -0.25) is 4.79 Å². The van der Waals surface area contributed by atoms with E-state index >= 15 is 0 Å². The molecule has 27 heavy (non-hydrogen) atoms. The molecule has 2 N–H and O–H groups in total. The first kappa shape index (κ1) is 18.7. The van der Waals surface area contributed by atoms with Gasteiger partial charge >= 0.3 is 10.1 Å². The molecule has 0 aliphatic heterocycles. The van der Waals surface area contributed by atoms with E-state index in [1.54, 1.807) is 0 Å². The lowest BCUT2D eigenvalue weighted by atomic mass is 9.99. The van der Waals surface area contributed by atoms with Crippen LogP contribution in [0.25, 0.3) is 11.1 Å². The lowest BCUT2D eigenvalue weighted by molar-refractivity contribution is 0.0993. The summed E-state index contributed by atoms with van der Waals surface area (Å²) in [4.78, 5) is 12.5. The molecule has 0 heterocycles. The molecule has 6 heteroatoms. The van der Waals surface area contributed by atoms with Crippen molar-refractivity contribution in [3.63, 3.8) is 0 Å². The van der Waals surface area contributed by atoms with Gasteiger partial charge in [-0.25, -0.2) is 0 Å². The molecular weight excluding hydrogens is 362 g/mol. The molecule has 0 aliphatic rings. The van der Waals surface area contributed by atoms with Crippen LogP contribution in [0.4, 0.5) is 5.69 Å². The van der Waals surface area contributed by atoms with E-state index in [1.165, 1.54) is 18.2 Å². The number of nitrogens with two attached hydrogens (primary N) is 1. The van der Waals surface area contributed by atoms with Crippen LogP contribution < -0.4 is 9.92 Å². The van der Waals surface area contributed by atoms with Crippen LogP contribution in [0.15, 0.2) is 72.8 Å². The van der Waals surface area contributed by atoms with Gasteiger partial charge in [-0.05, 0) is 34.9 Å². The van der Waals surface area contributed by atoms with Crippen molar-refractivity contribution in [1.82, 2.24) is 0 Å². The fourth-order valence-electron chi connectivity index (χ4n) is 2.69. The fraction of sp³-hybridized carbons (Fsp3) is 0.0952. The third kappa shape index (κ3) is 4.95. The SMILES string of the molecule is CS(=O)(=O)Oc1ccc(C(=O)Cc2ccc(-c3ccccc3)cc2)cc1N. The standard InChI is InChI=1S/C21H19NO4S/c1-27(24,25)26-21-12-11-18(14-19(21)22)20(23)13-15-7-9-17(10-8-15)16-5-3-2-4-6-16/h2-12,14H,13,22H2,1H3. The third-order valence-corrected chi connectivity index (χ3v) is 4.48. The van der Waals surface area contributed by atoms with E-state index in [-0.39, 0.29) is 23.6 Å². The Morgan fingerprint density at radius 2 is 1.56 bits per heavy atom. The van der Waals surface area contributed by atoms with Gasteiger partial charge in [0.1, 0.15) is 0 Å². The number of anilines is 1. The second-order valence-corrected chi connectivity index (χ2v) is 7.78. The summed E-state index contributed by atoms with van der Waals surface area (Å²) in [5.41, 5.74) is 9.39. The molecule has 0 atom stereocenters. The molecule has 3 aromatic carbocycles. The van der Waals surface area contributed by atoms with Crippen LogP contribution in [0.3, 0.4) is 0 Å². The van der Waals surface area contributed by atoms with E-state index in [4.69, 9.17) is 9.92 Å². The average Bonchev–Trinajstić information content (AvgIpc) is 2.63. The summed E-state index contributed by atoms with van der Waals surface area (Å²) in [6, 6.07) is 22.1. The molecule has 0 aromatic heterocycles. The number of benzene rings is 3. The summed E-state index contributed by atoms with van der Waals surface area (Å²) in [6.45, 7) is 0. The van der Waals surface area contributed by atoms with Crippen molar-refractivity contribution < 1.29 is 17.4 Å².